The molecule has 1 heterocycles. The van der Waals surface area contributed by atoms with E-state index in [4.69, 9.17) is 33.3 Å². The van der Waals surface area contributed by atoms with Crippen LogP contribution in [0.5, 0.6) is 5.75 Å². The van der Waals surface area contributed by atoms with Crippen LogP contribution in [0.2, 0.25) is 5.02 Å². The highest BCUT2D eigenvalue weighted by Crippen LogP contribution is 2.32. The number of thiocarbonyl (C=S) groups is 1. The van der Waals surface area contributed by atoms with Crippen LogP contribution in [0.4, 0.5) is 0 Å². The Hall–Kier alpha value is -2.35. The Labute approximate surface area is 177 Å². The molecule has 0 radical (unpaired) electrons. The average molecular weight is 434 g/mol. The molecule has 2 aromatic rings. The van der Waals surface area contributed by atoms with E-state index in [1.54, 1.807) is 49.6 Å². The summed E-state index contributed by atoms with van der Waals surface area (Å²) < 4.78 is 10.7. The molecule has 0 unspecified atom stereocenters. The number of nitrogens with zero attached hydrogens (tertiary/aromatic N) is 1. The Morgan fingerprint density at radius 3 is 2.50 bits per heavy atom. The number of carbonyl (C=O) groups is 2. The molecule has 1 fully saturated rings. The van der Waals surface area contributed by atoms with Gasteiger partial charge in [0.15, 0.2) is 0 Å². The van der Waals surface area contributed by atoms with Gasteiger partial charge in [-0.15, -0.1) is 0 Å². The Balaban J connectivity index is 1.60. The lowest BCUT2D eigenvalue weighted by Crippen LogP contribution is -2.34. The fourth-order valence-electron chi connectivity index (χ4n) is 2.41. The van der Waals surface area contributed by atoms with Crippen molar-refractivity contribution in [1.82, 2.24) is 4.90 Å². The second-order valence-corrected chi connectivity index (χ2v) is 7.94. The van der Waals surface area contributed by atoms with E-state index in [1.165, 1.54) is 4.90 Å². The van der Waals surface area contributed by atoms with Gasteiger partial charge in [0.25, 0.3) is 5.91 Å². The van der Waals surface area contributed by atoms with Crippen LogP contribution in [0, 0.1) is 0 Å². The van der Waals surface area contributed by atoms with Crippen molar-refractivity contribution in [1.29, 1.82) is 0 Å². The van der Waals surface area contributed by atoms with Crippen molar-refractivity contribution >= 4 is 57.9 Å². The third kappa shape index (κ3) is 5.13. The molecule has 8 heteroatoms. The number of carbonyl (C=O) groups excluding carboxylic acids is 2. The van der Waals surface area contributed by atoms with Crippen molar-refractivity contribution in [3.8, 4) is 5.75 Å². The highest BCUT2D eigenvalue weighted by Gasteiger charge is 2.33. The molecule has 0 aliphatic carbocycles. The van der Waals surface area contributed by atoms with Gasteiger partial charge in [-0.05, 0) is 41.5 Å². The lowest BCUT2D eigenvalue weighted by atomic mass is 10.2. The minimum atomic E-state index is -0.531. The molecule has 3 rings (SSSR count). The standard InChI is InChI=1S/C20H16ClNO4S2/c1-25-16-8-4-13(5-9-16)10-17-19(24)22(20(27)28-17)11-18(23)26-12-14-2-6-15(21)7-3-14/h2-10H,11-12H2,1H3/b17-10-. The summed E-state index contributed by atoms with van der Waals surface area (Å²) in [5.74, 6) is -0.112. The van der Waals surface area contributed by atoms with Gasteiger partial charge in [0.05, 0.1) is 12.0 Å². The lowest BCUT2D eigenvalue weighted by molar-refractivity contribution is -0.147. The first kappa shape index (κ1) is 20.4. The summed E-state index contributed by atoms with van der Waals surface area (Å²) in [5.41, 5.74) is 1.65. The Morgan fingerprint density at radius 1 is 1.18 bits per heavy atom. The van der Waals surface area contributed by atoms with Crippen LogP contribution < -0.4 is 4.74 Å². The molecule has 2 aromatic carbocycles. The van der Waals surface area contributed by atoms with E-state index in [1.807, 2.05) is 12.1 Å². The molecular formula is C20H16ClNO4S2. The number of rotatable bonds is 6. The predicted octanol–water partition coefficient (Wildman–Crippen LogP) is 4.29. The number of hydrogen-bond acceptors (Lipinski definition) is 6. The summed E-state index contributed by atoms with van der Waals surface area (Å²) in [6.45, 7) is -0.120. The van der Waals surface area contributed by atoms with Gasteiger partial charge in [0.2, 0.25) is 0 Å². The van der Waals surface area contributed by atoms with Gasteiger partial charge in [0.1, 0.15) is 23.2 Å². The molecule has 5 nitrogen and oxygen atoms in total. The number of halogens is 1. The maximum Gasteiger partial charge on any atom is 0.326 e. The van der Waals surface area contributed by atoms with Crippen molar-refractivity contribution < 1.29 is 19.1 Å². The molecule has 0 spiro atoms. The van der Waals surface area contributed by atoms with E-state index in [0.29, 0.717) is 14.2 Å². The fraction of sp³-hybridized carbons (Fsp3) is 0.150. The normalized spacial score (nSPS) is 15.2. The highest BCUT2D eigenvalue weighted by atomic mass is 35.5. The van der Waals surface area contributed by atoms with Gasteiger partial charge >= 0.3 is 5.97 Å². The molecular weight excluding hydrogens is 418 g/mol. The summed E-state index contributed by atoms with van der Waals surface area (Å²) in [5, 5.41) is 0.608. The molecule has 0 atom stereocenters. The van der Waals surface area contributed by atoms with Crippen LogP contribution in [-0.4, -0.2) is 34.8 Å². The van der Waals surface area contributed by atoms with Crippen molar-refractivity contribution in [2.45, 2.75) is 6.61 Å². The zero-order valence-corrected chi connectivity index (χ0v) is 17.3. The maximum atomic E-state index is 12.6. The van der Waals surface area contributed by atoms with E-state index in [2.05, 4.69) is 0 Å². The number of esters is 1. The first-order valence-electron chi connectivity index (χ1n) is 8.26. The summed E-state index contributed by atoms with van der Waals surface area (Å²) >= 11 is 12.2. The molecule has 1 aliphatic rings. The van der Waals surface area contributed by atoms with E-state index in [-0.39, 0.29) is 19.1 Å². The predicted molar refractivity (Wildman–Crippen MR) is 114 cm³/mol. The van der Waals surface area contributed by atoms with Gasteiger partial charge in [-0.25, -0.2) is 0 Å². The van der Waals surface area contributed by atoms with E-state index in [0.717, 1.165) is 28.6 Å². The highest BCUT2D eigenvalue weighted by molar-refractivity contribution is 8.26. The van der Waals surface area contributed by atoms with Crippen LogP contribution in [0.1, 0.15) is 11.1 Å². The van der Waals surface area contributed by atoms with E-state index in [9.17, 15) is 9.59 Å². The van der Waals surface area contributed by atoms with Gasteiger partial charge in [-0.3, -0.25) is 14.5 Å². The van der Waals surface area contributed by atoms with Crippen molar-refractivity contribution in [2.24, 2.45) is 0 Å². The molecule has 144 valence electrons. The Morgan fingerprint density at radius 2 is 1.86 bits per heavy atom. The van der Waals surface area contributed by atoms with Gasteiger partial charge in [-0.2, -0.15) is 0 Å². The zero-order valence-electron chi connectivity index (χ0n) is 14.9. The van der Waals surface area contributed by atoms with Gasteiger partial charge in [0, 0.05) is 5.02 Å². The lowest BCUT2D eigenvalue weighted by Gasteiger charge is -2.13. The van der Waals surface area contributed by atoms with Crippen LogP contribution >= 0.6 is 35.6 Å². The van der Waals surface area contributed by atoms with Crippen LogP contribution in [-0.2, 0) is 20.9 Å². The molecule has 1 aliphatic heterocycles. The number of methoxy groups -OCH3 is 1. The van der Waals surface area contributed by atoms with Gasteiger partial charge in [-0.1, -0.05) is 59.8 Å². The Bertz CT molecular complexity index is 926. The monoisotopic (exact) mass is 433 g/mol. The average Bonchev–Trinajstić information content (AvgIpc) is 2.95. The smallest absolute Gasteiger partial charge is 0.326 e. The summed E-state index contributed by atoms with van der Waals surface area (Å²) in [4.78, 5) is 26.4. The number of ether oxygens (including phenoxy) is 2. The summed E-state index contributed by atoms with van der Waals surface area (Å²) in [6, 6.07) is 14.3. The minimum absolute atomic E-state index is 0.104. The SMILES string of the molecule is COc1ccc(/C=C2\SC(=S)N(CC(=O)OCc3ccc(Cl)cc3)C2=O)cc1. The first-order chi connectivity index (χ1) is 13.5. The molecule has 1 saturated heterocycles. The van der Waals surface area contributed by atoms with Crippen LogP contribution in [0.3, 0.4) is 0 Å². The van der Waals surface area contributed by atoms with Crippen molar-refractivity contribution in [2.75, 3.05) is 13.7 Å². The van der Waals surface area contributed by atoms with E-state index < -0.39 is 5.97 Å². The quantitative estimate of drug-likeness (QED) is 0.384. The number of thioether (sulfide) groups is 1. The Kier molecular flexibility index (Phi) is 6.72. The molecule has 0 aromatic heterocycles. The fourth-order valence-corrected chi connectivity index (χ4v) is 3.79. The molecule has 28 heavy (non-hydrogen) atoms. The maximum absolute atomic E-state index is 12.6. The summed E-state index contributed by atoms with van der Waals surface area (Å²) in [6.07, 6.45) is 1.73. The summed E-state index contributed by atoms with van der Waals surface area (Å²) in [7, 11) is 1.59. The minimum Gasteiger partial charge on any atom is -0.497 e. The third-order valence-corrected chi connectivity index (χ3v) is 5.52. The topological polar surface area (TPSA) is 55.8 Å². The number of hydrogen-bond donors (Lipinski definition) is 0. The third-order valence-electron chi connectivity index (χ3n) is 3.89. The van der Waals surface area contributed by atoms with Crippen molar-refractivity contribution in [3.63, 3.8) is 0 Å². The first-order valence-corrected chi connectivity index (χ1v) is 9.86. The largest absolute Gasteiger partial charge is 0.497 e. The molecule has 0 bridgehead atoms. The zero-order chi connectivity index (χ0) is 20.1. The molecule has 0 saturated carbocycles. The molecule has 1 amide bonds. The second kappa shape index (κ2) is 9.23. The molecule has 0 N–H and O–H groups in total. The second-order valence-electron chi connectivity index (χ2n) is 5.83. The van der Waals surface area contributed by atoms with Crippen LogP contribution in [0.15, 0.2) is 53.4 Å². The van der Waals surface area contributed by atoms with Crippen LogP contribution in [0.25, 0.3) is 6.08 Å². The number of benzene rings is 2. The van der Waals surface area contributed by atoms with Gasteiger partial charge < -0.3 is 9.47 Å². The van der Waals surface area contributed by atoms with E-state index >= 15 is 0 Å². The number of amides is 1. The van der Waals surface area contributed by atoms with Crippen molar-refractivity contribution in [3.05, 3.63) is 69.6 Å².